The lowest BCUT2D eigenvalue weighted by molar-refractivity contribution is -0.139. The minimum atomic E-state index is -4.79. The van der Waals surface area contributed by atoms with Gasteiger partial charge in [0.1, 0.15) is 0 Å². The Balaban J connectivity index is 1.50. The monoisotopic (exact) mass is 567 g/mol. The summed E-state index contributed by atoms with van der Waals surface area (Å²) in [7, 11) is -1.09. The van der Waals surface area contributed by atoms with Crippen molar-refractivity contribution in [2.75, 3.05) is 50.9 Å². The molecule has 202 valence electrons. The number of nitrogens with two attached hydrogens (primary N) is 1. The predicted molar refractivity (Wildman–Crippen MR) is 140 cm³/mol. The summed E-state index contributed by atoms with van der Waals surface area (Å²) in [5.41, 5.74) is 7.15. The van der Waals surface area contributed by atoms with Crippen molar-refractivity contribution in [3.05, 3.63) is 70.9 Å². The molecule has 1 amide bonds. The van der Waals surface area contributed by atoms with Crippen molar-refractivity contribution in [1.82, 2.24) is 14.2 Å². The van der Waals surface area contributed by atoms with E-state index in [0.29, 0.717) is 28.2 Å². The van der Waals surface area contributed by atoms with Crippen LogP contribution in [0.1, 0.15) is 15.9 Å². The molecule has 0 unspecified atom stereocenters. The van der Waals surface area contributed by atoms with Crippen molar-refractivity contribution in [2.24, 2.45) is 0 Å². The summed E-state index contributed by atoms with van der Waals surface area (Å²) in [5, 5.41) is 0.285. The molecular weight excluding hydrogens is 543 g/mol. The topological polar surface area (TPSA) is 99.8 Å². The van der Waals surface area contributed by atoms with Crippen molar-refractivity contribution < 1.29 is 26.4 Å². The predicted octanol–water partition coefficient (Wildman–Crippen LogP) is 4.22. The van der Waals surface area contributed by atoms with Crippen LogP contribution in [0.5, 0.6) is 0 Å². The summed E-state index contributed by atoms with van der Waals surface area (Å²) in [6, 6.07) is 10.9. The summed E-state index contributed by atoms with van der Waals surface area (Å²) in [4.78, 5) is 19.1. The molecule has 0 saturated carbocycles. The Bertz CT molecular complexity index is 1470. The summed E-state index contributed by atoms with van der Waals surface area (Å²) in [5.74, 6) is 0.213. The molecule has 1 saturated heterocycles. The van der Waals surface area contributed by atoms with E-state index in [1.807, 2.05) is 0 Å². The SMILES string of the molecule is CN(C)C(=O)c1ccc(-c2cnc(N3CCN(S(=O)(=O)c4ccccc4C(F)(F)F)CC3)c(N)c2)cc1Cl. The summed E-state index contributed by atoms with van der Waals surface area (Å²) < 4.78 is 67.3. The molecule has 8 nitrogen and oxygen atoms in total. The van der Waals surface area contributed by atoms with Gasteiger partial charge in [0.2, 0.25) is 10.0 Å². The zero-order valence-corrected chi connectivity index (χ0v) is 22.1. The zero-order valence-electron chi connectivity index (χ0n) is 20.5. The molecule has 1 aliphatic rings. The molecule has 38 heavy (non-hydrogen) atoms. The normalized spacial score (nSPS) is 14.9. The third kappa shape index (κ3) is 5.42. The van der Waals surface area contributed by atoms with Gasteiger partial charge >= 0.3 is 6.18 Å². The second kappa shape index (κ2) is 10.4. The van der Waals surface area contributed by atoms with E-state index >= 15 is 0 Å². The van der Waals surface area contributed by atoms with Gasteiger partial charge in [0, 0.05) is 52.0 Å². The molecule has 4 rings (SSSR count). The van der Waals surface area contributed by atoms with E-state index in [9.17, 15) is 26.4 Å². The largest absolute Gasteiger partial charge is 0.417 e. The number of nitrogens with zero attached hydrogens (tertiary/aromatic N) is 4. The maximum Gasteiger partial charge on any atom is 0.417 e. The standard InChI is InChI=1S/C25H25ClF3N5O3S/c1-32(2)24(35)18-8-7-16(13-20(18)26)17-14-21(30)23(31-15-17)33-9-11-34(12-10-33)38(36,37)22-6-4-3-5-19(22)25(27,28)29/h3-8,13-15H,9-12,30H2,1-2H3. The van der Waals surface area contributed by atoms with Crippen molar-refractivity contribution in [3.63, 3.8) is 0 Å². The van der Waals surface area contributed by atoms with Gasteiger partial charge in [-0.3, -0.25) is 4.79 Å². The van der Waals surface area contributed by atoms with Crippen molar-refractivity contribution in [1.29, 1.82) is 0 Å². The number of pyridine rings is 1. The van der Waals surface area contributed by atoms with Crippen molar-refractivity contribution in [3.8, 4) is 11.1 Å². The number of amides is 1. The van der Waals surface area contributed by atoms with Crippen LogP contribution in [0.4, 0.5) is 24.7 Å². The number of hydrogen-bond donors (Lipinski definition) is 1. The molecule has 2 aromatic carbocycles. The molecule has 0 spiro atoms. The Kier molecular flexibility index (Phi) is 7.60. The molecule has 0 aliphatic carbocycles. The van der Waals surface area contributed by atoms with E-state index in [4.69, 9.17) is 17.3 Å². The first-order valence-electron chi connectivity index (χ1n) is 11.5. The highest BCUT2D eigenvalue weighted by molar-refractivity contribution is 7.89. The van der Waals surface area contributed by atoms with Crippen LogP contribution in [0.3, 0.4) is 0 Å². The van der Waals surface area contributed by atoms with E-state index in [-0.39, 0.29) is 37.1 Å². The lowest BCUT2D eigenvalue weighted by Gasteiger charge is -2.35. The van der Waals surface area contributed by atoms with E-state index in [1.165, 1.54) is 11.0 Å². The minimum Gasteiger partial charge on any atom is -0.396 e. The molecule has 1 aliphatic heterocycles. The molecule has 13 heteroatoms. The van der Waals surface area contributed by atoms with Gasteiger partial charge in [-0.2, -0.15) is 17.5 Å². The first-order chi connectivity index (χ1) is 17.8. The number of anilines is 2. The highest BCUT2D eigenvalue weighted by Crippen LogP contribution is 2.36. The van der Waals surface area contributed by atoms with Crippen LogP contribution in [0, 0.1) is 0 Å². The molecule has 0 atom stereocenters. The van der Waals surface area contributed by atoms with Crippen LogP contribution in [0.2, 0.25) is 5.02 Å². The minimum absolute atomic E-state index is 0.0334. The molecule has 0 radical (unpaired) electrons. The number of carbonyl (C=O) groups is 1. The molecule has 3 aromatic rings. The van der Waals surface area contributed by atoms with Gasteiger partial charge in [0.15, 0.2) is 5.82 Å². The van der Waals surface area contributed by atoms with Crippen LogP contribution in [0.15, 0.2) is 59.6 Å². The van der Waals surface area contributed by atoms with Gasteiger partial charge in [-0.15, -0.1) is 0 Å². The molecule has 1 fully saturated rings. The van der Waals surface area contributed by atoms with Gasteiger partial charge in [-0.25, -0.2) is 13.4 Å². The average molecular weight is 568 g/mol. The van der Waals surface area contributed by atoms with Crippen molar-refractivity contribution in [2.45, 2.75) is 11.1 Å². The van der Waals surface area contributed by atoms with Gasteiger partial charge in [0.25, 0.3) is 5.91 Å². The average Bonchev–Trinajstić information content (AvgIpc) is 2.87. The van der Waals surface area contributed by atoms with Gasteiger partial charge in [-0.05, 0) is 35.9 Å². The number of sulfonamides is 1. The Hall–Kier alpha value is -3.35. The Labute approximate surface area is 223 Å². The number of alkyl halides is 3. The molecule has 1 aromatic heterocycles. The number of rotatable bonds is 5. The lowest BCUT2D eigenvalue weighted by Crippen LogP contribution is -2.49. The van der Waals surface area contributed by atoms with E-state index < -0.39 is 26.7 Å². The van der Waals surface area contributed by atoms with Gasteiger partial charge in [-0.1, -0.05) is 29.8 Å². The molecule has 2 N–H and O–H groups in total. The quantitative estimate of drug-likeness (QED) is 0.496. The summed E-state index contributed by atoms with van der Waals surface area (Å²) >= 11 is 6.32. The van der Waals surface area contributed by atoms with Crippen LogP contribution in [-0.4, -0.2) is 68.8 Å². The highest BCUT2D eigenvalue weighted by atomic mass is 35.5. The van der Waals surface area contributed by atoms with Crippen LogP contribution in [0.25, 0.3) is 11.1 Å². The fourth-order valence-corrected chi connectivity index (χ4v) is 6.11. The zero-order chi connectivity index (χ0) is 27.8. The third-order valence-corrected chi connectivity index (χ3v) is 8.45. The summed E-state index contributed by atoms with van der Waals surface area (Å²) in [6.07, 6.45) is -3.20. The van der Waals surface area contributed by atoms with E-state index in [1.54, 1.807) is 49.5 Å². The lowest BCUT2D eigenvalue weighted by atomic mass is 10.0. The summed E-state index contributed by atoms with van der Waals surface area (Å²) in [6.45, 7) is 0.316. The van der Waals surface area contributed by atoms with E-state index in [2.05, 4.69) is 4.98 Å². The third-order valence-electron chi connectivity index (χ3n) is 6.18. The number of carbonyl (C=O) groups excluding carboxylic acids is 1. The number of piperazine rings is 1. The fraction of sp³-hybridized carbons (Fsp3) is 0.280. The van der Waals surface area contributed by atoms with Crippen LogP contribution in [-0.2, 0) is 16.2 Å². The maximum absolute atomic E-state index is 13.4. The van der Waals surface area contributed by atoms with Gasteiger partial charge in [0.05, 0.1) is 26.7 Å². The first-order valence-corrected chi connectivity index (χ1v) is 13.3. The second-order valence-corrected chi connectivity index (χ2v) is 11.2. The van der Waals surface area contributed by atoms with Crippen molar-refractivity contribution >= 4 is 39.0 Å². The Morgan fingerprint density at radius 3 is 2.26 bits per heavy atom. The van der Waals surface area contributed by atoms with Gasteiger partial charge < -0.3 is 15.5 Å². The Morgan fingerprint density at radius 2 is 1.68 bits per heavy atom. The number of hydrogen-bond acceptors (Lipinski definition) is 6. The number of halogens is 4. The van der Waals surface area contributed by atoms with E-state index in [0.717, 1.165) is 22.5 Å². The number of benzene rings is 2. The Morgan fingerprint density at radius 1 is 1.03 bits per heavy atom. The molecule has 0 bridgehead atoms. The number of aromatic nitrogens is 1. The van der Waals surface area contributed by atoms with Crippen LogP contribution >= 0.6 is 11.6 Å². The second-order valence-electron chi connectivity index (χ2n) is 8.92. The molecular formula is C25H25ClF3N5O3S. The molecule has 2 heterocycles. The smallest absolute Gasteiger partial charge is 0.396 e. The first kappa shape index (κ1) is 27.7. The highest BCUT2D eigenvalue weighted by Gasteiger charge is 2.39. The van der Waals surface area contributed by atoms with Crippen LogP contribution < -0.4 is 10.6 Å². The number of nitrogen functional groups attached to an aromatic ring is 1. The maximum atomic E-state index is 13.4. The fourth-order valence-electron chi connectivity index (χ4n) is 4.21.